The molecule has 1 aromatic carbocycles. The molecule has 0 aliphatic rings. The molecule has 6 heteroatoms. The number of aromatic nitrogens is 1. The first-order valence-electron chi connectivity index (χ1n) is 5.97. The molecule has 1 amide bonds. The summed E-state index contributed by atoms with van der Waals surface area (Å²) in [5.41, 5.74) is 1.12. The Morgan fingerprint density at radius 3 is 2.80 bits per heavy atom. The van der Waals surface area contributed by atoms with Gasteiger partial charge in [-0.1, -0.05) is 6.07 Å². The van der Waals surface area contributed by atoms with E-state index in [4.69, 9.17) is 4.74 Å². The highest BCUT2D eigenvalue weighted by Gasteiger charge is 2.03. The van der Waals surface area contributed by atoms with Crippen molar-refractivity contribution < 1.29 is 13.9 Å². The molecule has 1 heterocycles. The van der Waals surface area contributed by atoms with Crippen LogP contribution in [0, 0.1) is 5.82 Å². The Balaban J connectivity index is 1.85. The van der Waals surface area contributed by atoms with Crippen molar-refractivity contribution >= 4 is 17.3 Å². The monoisotopic (exact) mass is 275 g/mol. The summed E-state index contributed by atoms with van der Waals surface area (Å²) in [6.07, 6.45) is 1.56. The third kappa shape index (κ3) is 3.94. The number of anilines is 2. The lowest BCUT2D eigenvalue weighted by atomic mass is 10.3. The molecule has 2 aromatic rings. The van der Waals surface area contributed by atoms with E-state index in [1.54, 1.807) is 24.4 Å². The minimum atomic E-state index is -0.393. The topological polar surface area (TPSA) is 63.2 Å². The molecule has 2 rings (SSSR count). The molecule has 2 N–H and O–H groups in total. The zero-order valence-electron chi connectivity index (χ0n) is 10.9. The molecule has 0 aliphatic carbocycles. The van der Waals surface area contributed by atoms with E-state index in [0.29, 0.717) is 17.3 Å². The van der Waals surface area contributed by atoms with E-state index in [1.165, 1.54) is 25.3 Å². The molecule has 5 nitrogen and oxygen atoms in total. The van der Waals surface area contributed by atoms with Crippen LogP contribution in [0.3, 0.4) is 0 Å². The molecule has 20 heavy (non-hydrogen) atoms. The lowest BCUT2D eigenvalue weighted by molar-refractivity contribution is -0.114. The average Bonchev–Trinajstić information content (AvgIpc) is 2.46. The zero-order valence-corrected chi connectivity index (χ0v) is 10.9. The first-order valence-corrected chi connectivity index (χ1v) is 5.97. The maximum absolute atomic E-state index is 13.0. The zero-order chi connectivity index (χ0) is 14.4. The molecule has 0 unspecified atom stereocenters. The van der Waals surface area contributed by atoms with E-state index < -0.39 is 5.82 Å². The summed E-state index contributed by atoms with van der Waals surface area (Å²) in [7, 11) is 1.53. The van der Waals surface area contributed by atoms with Gasteiger partial charge in [0.1, 0.15) is 5.82 Å². The summed E-state index contributed by atoms with van der Waals surface area (Å²) in [6.45, 7) is 0.0600. The van der Waals surface area contributed by atoms with Gasteiger partial charge in [-0.15, -0.1) is 0 Å². The van der Waals surface area contributed by atoms with E-state index in [1.807, 2.05) is 0 Å². The predicted molar refractivity (Wildman–Crippen MR) is 74.3 cm³/mol. The highest BCUT2D eigenvalue weighted by atomic mass is 19.1. The first kappa shape index (κ1) is 13.8. The maximum Gasteiger partial charge on any atom is 0.243 e. The van der Waals surface area contributed by atoms with Crippen LogP contribution < -0.4 is 15.4 Å². The second-order valence-electron chi connectivity index (χ2n) is 4.00. The number of pyridine rings is 1. The molecule has 104 valence electrons. The van der Waals surface area contributed by atoms with Crippen LogP contribution in [-0.4, -0.2) is 24.5 Å². The van der Waals surface area contributed by atoms with E-state index in [2.05, 4.69) is 15.6 Å². The summed E-state index contributed by atoms with van der Waals surface area (Å²) in [6, 6.07) is 9.17. The Labute approximate surface area is 115 Å². The molecular formula is C14H14FN3O2. The van der Waals surface area contributed by atoms with Gasteiger partial charge in [0.05, 0.1) is 25.5 Å². The number of amides is 1. The molecule has 0 saturated heterocycles. The molecular weight excluding hydrogens is 261 g/mol. The van der Waals surface area contributed by atoms with E-state index in [9.17, 15) is 9.18 Å². The number of ether oxygens (including phenoxy) is 1. The predicted octanol–water partition coefficient (Wildman–Crippen LogP) is 2.28. The number of nitrogens with one attached hydrogen (secondary N) is 2. The Hall–Kier alpha value is -2.63. The fraction of sp³-hybridized carbons (Fsp3) is 0.143. The van der Waals surface area contributed by atoms with Gasteiger partial charge in [-0.05, 0) is 24.3 Å². The van der Waals surface area contributed by atoms with Crippen molar-refractivity contribution in [3.63, 3.8) is 0 Å². The second kappa shape index (κ2) is 6.51. The van der Waals surface area contributed by atoms with Gasteiger partial charge in [-0.2, -0.15) is 0 Å². The number of halogens is 1. The highest BCUT2D eigenvalue weighted by Crippen LogP contribution is 2.11. The Bertz CT molecular complexity index is 587. The van der Waals surface area contributed by atoms with Gasteiger partial charge in [0.15, 0.2) is 0 Å². The van der Waals surface area contributed by atoms with Crippen molar-refractivity contribution in [3.05, 3.63) is 48.4 Å². The van der Waals surface area contributed by atoms with Gasteiger partial charge in [0, 0.05) is 11.8 Å². The number of hydrogen-bond donors (Lipinski definition) is 2. The molecule has 0 aliphatic heterocycles. The minimum absolute atomic E-state index is 0.0600. The van der Waals surface area contributed by atoms with Crippen molar-refractivity contribution in [2.24, 2.45) is 0 Å². The highest BCUT2D eigenvalue weighted by molar-refractivity contribution is 5.93. The van der Waals surface area contributed by atoms with Crippen molar-refractivity contribution in [2.75, 3.05) is 24.3 Å². The third-order valence-corrected chi connectivity index (χ3v) is 2.51. The summed E-state index contributed by atoms with van der Waals surface area (Å²) >= 11 is 0. The second-order valence-corrected chi connectivity index (χ2v) is 4.00. The van der Waals surface area contributed by atoms with Crippen LogP contribution in [-0.2, 0) is 4.79 Å². The van der Waals surface area contributed by atoms with Crippen molar-refractivity contribution in [1.82, 2.24) is 4.98 Å². The number of methoxy groups -OCH3 is 1. The van der Waals surface area contributed by atoms with Crippen molar-refractivity contribution in [2.45, 2.75) is 0 Å². The standard InChI is InChI=1S/C14H14FN3O2/c1-20-14-6-5-12(8-17-14)16-9-13(19)18-11-4-2-3-10(15)7-11/h2-8,16H,9H2,1H3,(H,18,19). The number of carbonyl (C=O) groups is 1. The van der Waals surface area contributed by atoms with Gasteiger partial charge in [0.25, 0.3) is 0 Å². The van der Waals surface area contributed by atoms with Crippen LogP contribution in [0.1, 0.15) is 0 Å². The normalized spacial score (nSPS) is 9.90. The fourth-order valence-electron chi connectivity index (χ4n) is 1.56. The number of hydrogen-bond acceptors (Lipinski definition) is 4. The van der Waals surface area contributed by atoms with E-state index in [0.717, 1.165) is 0 Å². The Morgan fingerprint density at radius 2 is 2.15 bits per heavy atom. The molecule has 0 saturated carbocycles. The molecule has 0 atom stereocenters. The number of benzene rings is 1. The molecule has 0 radical (unpaired) electrons. The Kier molecular flexibility index (Phi) is 4.49. The number of carbonyl (C=O) groups excluding carboxylic acids is 1. The summed E-state index contributed by atoms with van der Waals surface area (Å²) in [4.78, 5) is 15.7. The van der Waals surface area contributed by atoms with Crippen molar-refractivity contribution in [1.29, 1.82) is 0 Å². The molecule has 0 bridgehead atoms. The van der Waals surface area contributed by atoms with Gasteiger partial charge >= 0.3 is 0 Å². The smallest absolute Gasteiger partial charge is 0.243 e. The molecule has 1 aromatic heterocycles. The number of nitrogens with zero attached hydrogens (tertiary/aromatic N) is 1. The first-order chi connectivity index (χ1) is 9.67. The third-order valence-electron chi connectivity index (χ3n) is 2.51. The maximum atomic E-state index is 13.0. The lowest BCUT2D eigenvalue weighted by Gasteiger charge is -2.08. The van der Waals surface area contributed by atoms with Crippen LogP contribution in [0.25, 0.3) is 0 Å². The largest absolute Gasteiger partial charge is 0.481 e. The van der Waals surface area contributed by atoms with Crippen molar-refractivity contribution in [3.8, 4) is 5.88 Å². The lowest BCUT2D eigenvalue weighted by Crippen LogP contribution is -2.21. The summed E-state index contributed by atoms with van der Waals surface area (Å²) < 4.78 is 17.9. The summed E-state index contributed by atoms with van der Waals surface area (Å²) in [5.74, 6) is -0.165. The van der Waals surface area contributed by atoms with Gasteiger partial charge in [0.2, 0.25) is 11.8 Å². The van der Waals surface area contributed by atoms with Crippen LogP contribution in [0.15, 0.2) is 42.6 Å². The number of rotatable bonds is 5. The van der Waals surface area contributed by atoms with E-state index >= 15 is 0 Å². The van der Waals surface area contributed by atoms with Crippen LogP contribution in [0.2, 0.25) is 0 Å². The Morgan fingerprint density at radius 1 is 1.30 bits per heavy atom. The fourth-order valence-corrected chi connectivity index (χ4v) is 1.56. The molecule has 0 fully saturated rings. The van der Waals surface area contributed by atoms with Crippen LogP contribution in [0.5, 0.6) is 5.88 Å². The molecule has 0 spiro atoms. The van der Waals surface area contributed by atoms with Gasteiger partial charge < -0.3 is 15.4 Å². The summed E-state index contributed by atoms with van der Waals surface area (Å²) in [5, 5.41) is 5.50. The van der Waals surface area contributed by atoms with Crippen LogP contribution >= 0.6 is 0 Å². The SMILES string of the molecule is COc1ccc(NCC(=O)Nc2cccc(F)c2)cn1. The quantitative estimate of drug-likeness (QED) is 0.878. The average molecular weight is 275 g/mol. The van der Waals surface area contributed by atoms with Crippen LogP contribution in [0.4, 0.5) is 15.8 Å². The van der Waals surface area contributed by atoms with E-state index in [-0.39, 0.29) is 12.5 Å². The minimum Gasteiger partial charge on any atom is -0.481 e. The van der Waals surface area contributed by atoms with Gasteiger partial charge in [-0.25, -0.2) is 9.37 Å². The van der Waals surface area contributed by atoms with Gasteiger partial charge in [-0.3, -0.25) is 4.79 Å².